The number of carbonyl (C=O) groups excluding carboxylic acids is 1. The van der Waals surface area contributed by atoms with Crippen LogP contribution in [-0.2, 0) is 4.79 Å². The van der Waals surface area contributed by atoms with Gasteiger partial charge in [0, 0.05) is 20.9 Å². The first-order chi connectivity index (χ1) is 14.7. The van der Waals surface area contributed by atoms with Gasteiger partial charge in [-0.3, -0.25) is 4.79 Å². The van der Waals surface area contributed by atoms with E-state index >= 15 is 0 Å². The third kappa shape index (κ3) is 5.63. The van der Waals surface area contributed by atoms with Crippen molar-refractivity contribution >= 4 is 45.7 Å². The van der Waals surface area contributed by atoms with Crippen LogP contribution >= 0.6 is 34.7 Å². The summed E-state index contributed by atoms with van der Waals surface area (Å²) in [4.78, 5) is 17.7. The molecular weight excluding hydrogens is 436 g/mol. The van der Waals surface area contributed by atoms with Gasteiger partial charge in [-0.2, -0.15) is 0 Å². The van der Waals surface area contributed by atoms with Gasteiger partial charge in [0.25, 0.3) is 0 Å². The number of halogens is 1. The molecule has 0 saturated heterocycles. The van der Waals surface area contributed by atoms with Gasteiger partial charge in [0.05, 0.1) is 11.4 Å². The molecule has 0 saturated carbocycles. The van der Waals surface area contributed by atoms with Crippen LogP contribution in [0.25, 0.3) is 11.3 Å². The van der Waals surface area contributed by atoms with Gasteiger partial charge in [0.2, 0.25) is 5.91 Å². The van der Waals surface area contributed by atoms with Crippen LogP contribution in [0.2, 0.25) is 5.02 Å². The number of amides is 1. The lowest BCUT2D eigenvalue weighted by Crippen LogP contribution is -2.13. The standard InChI is InChI=1S/C23H17ClN2O2S2/c24-17-8-12-20(13-9-17)29-15-22(27)26-23-25-21(14-30-23)16-6-10-19(11-7-16)28-18-4-2-1-3-5-18/h1-14H,15H2,(H,25,26,27). The highest BCUT2D eigenvalue weighted by molar-refractivity contribution is 8.00. The lowest BCUT2D eigenvalue weighted by Gasteiger charge is -2.06. The van der Waals surface area contributed by atoms with Crippen LogP contribution in [0, 0.1) is 0 Å². The van der Waals surface area contributed by atoms with E-state index in [0.29, 0.717) is 15.9 Å². The van der Waals surface area contributed by atoms with E-state index in [-0.39, 0.29) is 5.91 Å². The van der Waals surface area contributed by atoms with Crippen LogP contribution in [0.4, 0.5) is 5.13 Å². The topological polar surface area (TPSA) is 51.2 Å². The van der Waals surface area contributed by atoms with Crippen molar-refractivity contribution in [2.45, 2.75) is 4.90 Å². The van der Waals surface area contributed by atoms with Crippen LogP contribution in [0.1, 0.15) is 0 Å². The number of ether oxygens (including phenoxy) is 1. The second-order valence-electron chi connectivity index (χ2n) is 6.27. The van der Waals surface area contributed by atoms with Gasteiger partial charge in [-0.15, -0.1) is 23.1 Å². The maximum Gasteiger partial charge on any atom is 0.236 e. The quantitative estimate of drug-likeness (QED) is 0.307. The van der Waals surface area contributed by atoms with E-state index in [2.05, 4.69) is 10.3 Å². The number of rotatable bonds is 7. The summed E-state index contributed by atoms with van der Waals surface area (Å²) >= 11 is 8.73. The van der Waals surface area contributed by atoms with E-state index in [4.69, 9.17) is 16.3 Å². The fourth-order valence-electron chi connectivity index (χ4n) is 2.62. The number of thioether (sulfide) groups is 1. The monoisotopic (exact) mass is 452 g/mol. The Balaban J connectivity index is 1.33. The second-order valence-corrected chi connectivity index (χ2v) is 8.61. The smallest absolute Gasteiger partial charge is 0.236 e. The Morgan fingerprint density at radius 1 is 0.967 bits per heavy atom. The van der Waals surface area contributed by atoms with E-state index in [1.165, 1.54) is 23.1 Å². The Morgan fingerprint density at radius 3 is 2.40 bits per heavy atom. The molecule has 4 nitrogen and oxygen atoms in total. The fourth-order valence-corrected chi connectivity index (χ4v) is 4.18. The molecular formula is C23H17ClN2O2S2. The average molecular weight is 453 g/mol. The normalized spacial score (nSPS) is 10.6. The number of hydrogen-bond acceptors (Lipinski definition) is 5. The van der Waals surface area contributed by atoms with Crippen molar-refractivity contribution in [3.05, 3.63) is 89.3 Å². The second kappa shape index (κ2) is 9.80. The number of anilines is 1. The lowest BCUT2D eigenvalue weighted by atomic mass is 10.2. The Morgan fingerprint density at radius 2 is 1.67 bits per heavy atom. The Labute approximate surface area is 187 Å². The van der Waals surface area contributed by atoms with Gasteiger partial charge in [0.1, 0.15) is 11.5 Å². The molecule has 7 heteroatoms. The Hall–Kier alpha value is -2.80. The lowest BCUT2D eigenvalue weighted by molar-refractivity contribution is -0.113. The van der Waals surface area contributed by atoms with Crippen molar-refractivity contribution in [3.63, 3.8) is 0 Å². The van der Waals surface area contributed by atoms with Crippen LogP contribution in [0.5, 0.6) is 11.5 Å². The Bertz CT molecular complexity index is 1110. The largest absolute Gasteiger partial charge is 0.457 e. The van der Waals surface area contributed by atoms with Crippen molar-refractivity contribution < 1.29 is 9.53 Å². The molecule has 150 valence electrons. The first-order valence-corrected chi connectivity index (χ1v) is 11.4. The molecule has 0 aliphatic rings. The van der Waals surface area contributed by atoms with Crippen LogP contribution in [0.3, 0.4) is 0 Å². The molecule has 0 aliphatic heterocycles. The summed E-state index contributed by atoms with van der Waals surface area (Å²) in [7, 11) is 0. The molecule has 1 aromatic heterocycles. The number of aromatic nitrogens is 1. The Kier molecular flexibility index (Phi) is 6.69. The number of para-hydroxylation sites is 1. The highest BCUT2D eigenvalue weighted by Gasteiger charge is 2.09. The summed E-state index contributed by atoms with van der Waals surface area (Å²) in [6.45, 7) is 0. The van der Waals surface area contributed by atoms with Crippen molar-refractivity contribution in [2.75, 3.05) is 11.1 Å². The van der Waals surface area contributed by atoms with Crippen LogP contribution in [0.15, 0.2) is 89.1 Å². The van der Waals surface area contributed by atoms with Gasteiger partial charge >= 0.3 is 0 Å². The minimum absolute atomic E-state index is 0.0949. The molecule has 0 radical (unpaired) electrons. The summed E-state index contributed by atoms with van der Waals surface area (Å²) in [5, 5.41) is 6.04. The van der Waals surface area contributed by atoms with Gasteiger partial charge in [-0.25, -0.2) is 4.98 Å². The highest BCUT2D eigenvalue weighted by atomic mass is 35.5. The molecule has 1 heterocycles. The van der Waals surface area contributed by atoms with E-state index in [1.54, 1.807) is 0 Å². The number of nitrogens with zero attached hydrogens (tertiary/aromatic N) is 1. The van der Waals surface area contributed by atoms with Crippen molar-refractivity contribution in [3.8, 4) is 22.8 Å². The maximum atomic E-state index is 12.2. The molecule has 1 amide bonds. The van der Waals surface area contributed by atoms with Crippen LogP contribution < -0.4 is 10.1 Å². The molecule has 0 spiro atoms. The summed E-state index contributed by atoms with van der Waals surface area (Å²) in [6, 6.07) is 24.8. The molecule has 0 fully saturated rings. The van der Waals surface area contributed by atoms with Gasteiger partial charge in [-0.1, -0.05) is 29.8 Å². The molecule has 0 bridgehead atoms. The number of carbonyl (C=O) groups is 1. The van der Waals surface area contributed by atoms with Crippen LogP contribution in [-0.4, -0.2) is 16.6 Å². The third-order valence-corrected chi connectivity index (χ3v) is 6.08. The summed E-state index contributed by atoms with van der Waals surface area (Å²) in [5.74, 6) is 1.76. The molecule has 0 unspecified atom stereocenters. The zero-order valence-electron chi connectivity index (χ0n) is 15.7. The number of thiazole rings is 1. The van der Waals surface area contributed by atoms with E-state index in [1.807, 2.05) is 84.2 Å². The minimum Gasteiger partial charge on any atom is -0.457 e. The molecule has 3 aromatic carbocycles. The predicted molar refractivity (Wildman–Crippen MR) is 125 cm³/mol. The first-order valence-electron chi connectivity index (χ1n) is 9.13. The van der Waals surface area contributed by atoms with E-state index in [9.17, 15) is 4.79 Å². The van der Waals surface area contributed by atoms with Crippen molar-refractivity contribution in [2.24, 2.45) is 0 Å². The SMILES string of the molecule is O=C(CSc1ccc(Cl)cc1)Nc1nc(-c2ccc(Oc3ccccc3)cc2)cs1. The van der Waals surface area contributed by atoms with Crippen molar-refractivity contribution in [1.82, 2.24) is 4.98 Å². The molecule has 1 N–H and O–H groups in total. The van der Waals surface area contributed by atoms with Gasteiger partial charge in [0.15, 0.2) is 5.13 Å². The van der Waals surface area contributed by atoms with E-state index in [0.717, 1.165) is 27.7 Å². The predicted octanol–water partition coefficient (Wildman–Crippen LogP) is 6.99. The number of benzene rings is 3. The summed E-state index contributed by atoms with van der Waals surface area (Å²) in [6.07, 6.45) is 0. The zero-order valence-corrected chi connectivity index (χ0v) is 18.1. The van der Waals surface area contributed by atoms with Gasteiger partial charge in [-0.05, 0) is 60.7 Å². The van der Waals surface area contributed by atoms with Gasteiger partial charge < -0.3 is 10.1 Å². The van der Waals surface area contributed by atoms with Crippen molar-refractivity contribution in [1.29, 1.82) is 0 Å². The zero-order chi connectivity index (χ0) is 20.8. The summed E-state index contributed by atoms with van der Waals surface area (Å²) in [5.41, 5.74) is 1.77. The highest BCUT2D eigenvalue weighted by Crippen LogP contribution is 2.28. The molecule has 30 heavy (non-hydrogen) atoms. The number of nitrogens with one attached hydrogen (secondary N) is 1. The maximum absolute atomic E-state index is 12.2. The fraction of sp³-hybridized carbons (Fsp3) is 0.0435. The number of hydrogen-bond donors (Lipinski definition) is 1. The molecule has 4 rings (SSSR count). The third-order valence-electron chi connectivity index (χ3n) is 4.06. The minimum atomic E-state index is -0.0949. The van der Waals surface area contributed by atoms with E-state index < -0.39 is 0 Å². The molecule has 0 atom stereocenters. The molecule has 4 aromatic rings. The first kappa shape index (κ1) is 20.5. The average Bonchev–Trinajstić information content (AvgIpc) is 3.23. The summed E-state index contributed by atoms with van der Waals surface area (Å²) < 4.78 is 5.81. The molecule has 0 aliphatic carbocycles.